The molecule has 0 aliphatic heterocycles. The number of hydrogen-bond donors (Lipinski definition) is 1. The van der Waals surface area contributed by atoms with E-state index in [0.717, 1.165) is 4.88 Å². The smallest absolute Gasteiger partial charge is 0.258 e. The Balaban J connectivity index is 2.68. The van der Waals surface area contributed by atoms with Crippen LogP contribution in [-0.2, 0) is 0 Å². The Bertz CT molecular complexity index is 563. The van der Waals surface area contributed by atoms with Crippen LogP contribution in [0.25, 0.3) is 4.96 Å². The number of rotatable bonds is 3. The molecule has 1 unspecified atom stereocenters. The number of thiazole rings is 1. The van der Waals surface area contributed by atoms with Gasteiger partial charge >= 0.3 is 0 Å². The van der Waals surface area contributed by atoms with E-state index in [1.54, 1.807) is 6.92 Å². The van der Waals surface area contributed by atoms with E-state index >= 15 is 0 Å². The molecule has 0 fully saturated rings. The van der Waals surface area contributed by atoms with E-state index < -0.39 is 6.17 Å². The van der Waals surface area contributed by atoms with Crippen molar-refractivity contribution in [2.75, 3.05) is 6.61 Å². The lowest BCUT2D eigenvalue weighted by Crippen LogP contribution is -2.15. The molecule has 0 saturated heterocycles. The maximum Gasteiger partial charge on any atom is 0.258 e. The number of aliphatic hydroxyl groups is 1. The molecule has 4 nitrogen and oxygen atoms in total. The molecule has 2 rings (SSSR count). The average molecular weight is 242 g/mol. The highest BCUT2D eigenvalue weighted by molar-refractivity contribution is 7.17. The van der Waals surface area contributed by atoms with Crippen LogP contribution >= 0.6 is 11.3 Å². The van der Waals surface area contributed by atoms with E-state index in [2.05, 4.69) is 4.98 Å². The van der Waals surface area contributed by atoms with Crippen molar-refractivity contribution in [2.45, 2.75) is 19.5 Å². The first-order chi connectivity index (χ1) is 7.65. The minimum Gasteiger partial charge on any atom is -0.396 e. The van der Waals surface area contributed by atoms with Crippen LogP contribution < -0.4 is 5.56 Å². The van der Waals surface area contributed by atoms with Gasteiger partial charge in [-0.15, -0.1) is 11.3 Å². The number of aliphatic hydroxyl groups excluding tert-OH is 1. The van der Waals surface area contributed by atoms with Gasteiger partial charge in [0.15, 0.2) is 4.96 Å². The molecule has 0 aliphatic carbocycles. The molecule has 0 saturated carbocycles. The molecule has 0 bridgehead atoms. The van der Waals surface area contributed by atoms with Gasteiger partial charge in [0.1, 0.15) is 6.17 Å². The Hall–Kier alpha value is -1.27. The van der Waals surface area contributed by atoms with Crippen LogP contribution in [0.1, 0.15) is 23.2 Å². The van der Waals surface area contributed by atoms with E-state index in [4.69, 9.17) is 5.11 Å². The fraction of sp³-hybridized carbons (Fsp3) is 0.400. The fourth-order valence-electron chi connectivity index (χ4n) is 1.64. The number of aryl methyl sites for hydroxylation is 1. The van der Waals surface area contributed by atoms with Gasteiger partial charge in [0.2, 0.25) is 0 Å². The summed E-state index contributed by atoms with van der Waals surface area (Å²) in [6.07, 6.45) is 0.0747. The van der Waals surface area contributed by atoms with Gasteiger partial charge in [-0.25, -0.2) is 9.37 Å². The normalized spacial score (nSPS) is 13.2. The second-order valence-electron chi connectivity index (χ2n) is 3.42. The quantitative estimate of drug-likeness (QED) is 0.886. The Labute approximate surface area is 95.0 Å². The molecule has 6 heteroatoms. The molecule has 0 spiro atoms. The number of hydrogen-bond acceptors (Lipinski definition) is 4. The van der Waals surface area contributed by atoms with Gasteiger partial charge in [-0.3, -0.25) is 9.20 Å². The summed E-state index contributed by atoms with van der Waals surface area (Å²) in [6.45, 7) is 1.50. The summed E-state index contributed by atoms with van der Waals surface area (Å²) < 4.78 is 15.1. The minimum atomic E-state index is -1.33. The number of aromatic nitrogens is 2. The summed E-state index contributed by atoms with van der Waals surface area (Å²) >= 11 is 1.28. The average Bonchev–Trinajstić information content (AvgIpc) is 2.56. The van der Waals surface area contributed by atoms with Crippen LogP contribution in [0.15, 0.2) is 17.1 Å². The van der Waals surface area contributed by atoms with E-state index in [0.29, 0.717) is 10.7 Å². The van der Waals surface area contributed by atoms with Crippen molar-refractivity contribution in [1.82, 2.24) is 9.38 Å². The number of halogens is 1. The zero-order valence-corrected chi connectivity index (χ0v) is 9.50. The molecule has 0 radical (unpaired) electrons. The van der Waals surface area contributed by atoms with Crippen molar-refractivity contribution in [1.29, 1.82) is 0 Å². The predicted molar refractivity (Wildman–Crippen MR) is 59.6 cm³/mol. The summed E-state index contributed by atoms with van der Waals surface area (Å²) in [4.78, 5) is 16.8. The molecule has 86 valence electrons. The Kier molecular flexibility index (Phi) is 3.02. The third-order valence-electron chi connectivity index (χ3n) is 2.34. The summed E-state index contributed by atoms with van der Waals surface area (Å²) in [5.41, 5.74) is 0.0251. The Morgan fingerprint density at radius 1 is 1.69 bits per heavy atom. The third kappa shape index (κ3) is 1.74. The zero-order valence-electron chi connectivity index (χ0n) is 8.68. The SMILES string of the molecule is Cc1sc2nccc(=O)n2c1C(F)CCO. The summed E-state index contributed by atoms with van der Waals surface area (Å²) in [6, 6.07) is 1.30. The van der Waals surface area contributed by atoms with Crippen molar-refractivity contribution in [3.63, 3.8) is 0 Å². The maximum atomic E-state index is 13.8. The van der Waals surface area contributed by atoms with Gasteiger partial charge in [-0.05, 0) is 6.92 Å². The van der Waals surface area contributed by atoms with E-state index in [1.165, 1.54) is 28.0 Å². The Morgan fingerprint density at radius 2 is 2.44 bits per heavy atom. The fourth-order valence-corrected chi connectivity index (χ4v) is 2.63. The predicted octanol–water partition coefficient (Wildman–Crippen LogP) is 1.46. The van der Waals surface area contributed by atoms with E-state index in [-0.39, 0.29) is 18.6 Å². The second kappa shape index (κ2) is 4.31. The minimum absolute atomic E-state index is 0.00594. The van der Waals surface area contributed by atoms with Gasteiger partial charge in [0, 0.05) is 30.2 Å². The standard InChI is InChI=1S/C10H11FN2O2S/c1-6-9(7(11)3-5-14)13-8(15)2-4-12-10(13)16-6/h2,4,7,14H,3,5H2,1H3. The van der Waals surface area contributed by atoms with Crippen LogP contribution in [-0.4, -0.2) is 21.1 Å². The highest BCUT2D eigenvalue weighted by Gasteiger charge is 2.19. The second-order valence-corrected chi connectivity index (χ2v) is 4.61. The number of fused-ring (bicyclic) bond motifs is 1. The summed E-state index contributed by atoms with van der Waals surface area (Å²) in [5, 5.41) is 8.73. The highest BCUT2D eigenvalue weighted by atomic mass is 32.1. The molecule has 0 aromatic carbocycles. The van der Waals surface area contributed by atoms with Crippen LogP contribution in [0.3, 0.4) is 0 Å². The van der Waals surface area contributed by atoms with Gasteiger partial charge < -0.3 is 5.11 Å². The summed E-state index contributed by atoms with van der Waals surface area (Å²) in [7, 11) is 0. The van der Waals surface area contributed by atoms with Crippen LogP contribution in [0.5, 0.6) is 0 Å². The van der Waals surface area contributed by atoms with Crippen molar-refractivity contribution in [3.8, 4) is 0 Å². The number of nitrogens with zero attached hydrogens (tertiary/aromatic N) is 2. The third-order valence-corrected chi connectivity index (χ3v) is 3.32. The van der Waals surface area contributed by atoms with Gasteiger partial charge in [0.25, 0.3) is 5.56 Å². The molecule has 0 amide bonds. The molecule has 2 aromatic rings. The largest absolute Gasteiger partial charge is 0.396 e. The topological polar surface area (TPSA) is 54.6 Å². The lowest BCUT2D eigenvalue weighted by atomic mass is 10.2. The first kappa shape index (κ1) is 11.2. The van der Waals surface area contributed by atoms with Crippen LogP contribution in [0, 0.1) is 6.92 Å². The molecular weight excluding hydrogens is 231 g/mol. The molecule has 2 heterocycles. The molecule has 0 aliphatic rings. The lowest BCUT2D eigenvalue weighted by molar-refractivity contribution is 0.218. The highest BCUT2D eigenvalue weighted by Crippen LogP contribution is 2.29. The molecule has 1 atom stereocenters. The van der Waals surface area contributed by atoms with Crippen molar-refractivity contribution < 1.29 is 9.50 Å². The summed E-state index contributed by atoms with van der Waals surface area (Å²) in [5.74, 6) is 0. The van der Waals surface area contributed by atoms with Gasteiger partial charge in [-0.2, -0.15) is 0 Å². The van der Waals surface area contributed by atoms with Crippen LogP contribution in [0.4, 0.5) is 4.39 Å². The Morgan fingerprint density at radius 3 is 3.12 bits per heavy atom. The van der Waals surface area contributed by atoms with Crippen LogP contribution in [0.2, 0.25) is 0 Å². The molecular formula is C10H11FN2O2S. The van der Waals surface area contributed by atoms with Gasteiger partial charge in [-0.1, -0.05) is 0 Å². The zero-order chi connectivity index (χ0) is 11.7. The maximum absolute atomic E-state index is 13.8. The van der Waals surface area contributed by atoms with E-state index in [1.807, 2.05) is 0 Å². The first-order valence-electron chi connectivity index (χ1n) is 4.87. The van der Waals surface area contributed by atoms with Crippen molar-refractivity contribution in [2.24, 2.45) is 0 Å². The van der Waals surface area contributed by atoms with Gasteiger partial charge in [0.05, 0.1) is 5.69 Å². The lowest BCUT2D eigenvalue weighted by Gasteiger charge is -2.06. The first-order valence-corrected chi connectivity index (χ1v) is 5.68. The molecule has 2 aromatic heterocycles. The van der Waals surface area contributed by atoms with Crippen molar-refractivity contribution >= 4 is 16.3 Å². The monoisotopic (exact) mass is 242 g/mol. The molecule has 1 N–H and O–H groups in total. The van der Waals surface area contributed by atoms with Crippen molar-refractivity contribution in [3.05, 3.63) is 33.2 Å². The molecule has 16 heavy (non-hydrogen) atoms. The van der Waals surface area contributed by atoms with E-state index in [9.17, 15) is 9.18 Å². The number of alkyl halides is 1.